The summed E-state index contributed by atoms with van der Waals surface area (Å²) in [5.41, 5.74) is 6.17. The van der Waals surface area contributed by atoms with Gasteiger partial charge in [0.05, 0.1) is 5.69 Å². The van der Waals surface area contributed by atoms with E-state index in [9.17, 15) is 4.79 Å². The number of aromatic nitrogens is 1. The van der Waals surface area contributed by atoms with E-state index in [1.165, 1.54) is 11.1 Å². The highest BCUT2D eigenvalue weighted by Crippen LogP contribution is 2.34. The average molecular weight is 344 g/mol. The van der Waals surface area contributed by atoms with Crippen molar-refractivity contribution in [1.82, 2.24) is 10.3 Å². The molecule has 0 aliphatic carbocycles. The maximum Gasteiger partial charge on any atom is 0.159 e. The number of pyridine rings is 1. The maximum atomic E-state index is 11.8. The summed E-state index contributed by atoms with van der Waals surface area (Å²) in [6, 6.07) is 17.8. The molecule has 4 nitrogen and oxygen atoms in total. The molecule has 0 radical (unpaired) electrons. The van der Waals surface area contributed by atoms with Crippen LogP contribution in [-0.4, -0.2) is 10.8 Å². The van der Waals surface area contributed by atoms with E-state index >= 15 is 0 Å². The van der Waals surface area contributed by atoms with Gasteiger partial charge in [-0.05, 0) is 60.0 Å². The minimum Gasteiger partial charge on any atom is -0.487 e. The fraction of sp³-hybridized carbons (Fsp3) is 0.182. The van der Waals surface area contributed by atoms with E-state index in [2.05, 4.69) is 28.5 Å². The summed E-state index contributed by atoms with van der Waals surface area (Å²) in [6.07, 6.45) is 1.76. The first-order valence-electron chi connectivity index (χ1n) is 8.71. The zero-order valence-electron chi connectivity index (χ0n) is 14.7. The molecular formula is C22H20N2O2. The smallest absolute Gasteiger partial charge is 0.159 e. The maximum absolute atomic E-state index is 11.8. The Morgan fingerprint density at radius 2 is 1.96 bits per heavy atom. The van der Waals surface area contributed by atoms with Crippen LogP contribution in [0.2, 0.25) is 0 Å². The number of hydrogen-bond acceptors (Lipinski definition) is 4. The molecule has 4 rings (SSSR count). The summed E-state index contributed by atoms with van der Waals surface area (Å²) in [5.74, 6) is 0.803. The number of carbonyl (C=O) groups excluding carboxylic acids is 1. The molecule has 3 aromatic rings. The summed E-state index contributed by atoms with van der Waals surface area (Å²) < 4.78 is 6.04. The van der Waals surface area contributed by atoms with Crippen molar-refractivity contribution in [2.45, 2.75) is 26.6 Å². The van der Waals surface area contributed by atoms with Gasteiger partial charge in [0, 0.05) is 30.4 Å². The molecule has 0 spiro atoms. The van der Waals surface area contributed by atoms with Gasteiger partial charge in [-0.1, -0.05) is 18.2 Å². The zero-order chi connectivity index (χ0) is 17.9. The van der Waals surface area contributed by atoms with Crippen LogP contribution in [0.15, 0.2) is 60.8 Å². The number of hydrogen-bond donors (Lipinski definition) is 1. The minimum absolute atomic E-state index is 0.0466. The molecule has 0 unspecified atom stereocenters. The van der Waals surface area contributed by atoms with E-state index < -0.39 is 0 Å². The number of ether oxygens (including phenoxy) is 1. The molecule has 1 aliphatic heterocycles. The van der Waals surface area contributed by atoms with Gasteiger partial charge in [-0.3, -0.25) is 9.78 Å². The standard InChI is InChI=1S/C22H20N2O2/c1-15(25)16-7-8-22(26-14-20-4-2-3-9-24-20)21(11-16)17-5-6-18-12-23-13-19(18)10-17/h2-11,23H,12-14H2,1H3. The van der Waals surface area contributed by atoms with Crippen LogP contribution < -0.4 is 10.1 Å². The van der Waals surface area contributed by atoms with Gasteiger partial charge in [0.1, 0.15) is 12.4 Å². The SMILES string of the molecule is CC(=O)c1ccc(OCc2ccccn2)c(-c2ccc3c(c2)CNC3)c1. The second kappa shape index (κ2) is 7.10. The van der Waals surface area contributed by atoms with Gasteiger partial charge < -0.3 is 10.1 Å². The monoisotopic (exact) mass is 344 g/mol. The third-order valence-electron chi connectivity index (χ3n) is 4.64. The van der Waals surface area contributed by atoms with Crippen molar-refractivity contribution in [1.29, 1.82) is 0 Å². The molecule has 1 N–H and O–H groups in total. The third-order valence-corrected chi connectivity index (χ3v) is 4.64. The lowest BCUT2D eigenvalue weighted by molar-refractivity contribution is 0.101. The van der Waals surface area contributed by atoms with Gasteiger partial charge >= 0.3 is 0 Å². The molecule has 4 heteroatoms. The van der Waals surface area contributed by atoms with Gasteiger partial charge in [-0.2, -0.15) is 0 Å². The summed E-state index contributed by atoms with van der Waals surface area (Å²) in [4.78, 5) is 16.1. The number of ketones is 1. The van der Waals surface area contributed by atoms with E-state index in [1.807, 2.05) is 36.4 Å². The molecule has 2 heterocycles. The molecule has 130 valence electrons. The number of Topliss-reactive ketones (excluding diaryl/α,β-unsaturated/α-hetero) is 1. The molecule has 0 saturated heterocycles. The first kappa shape index (κ1) is 16.5. The predicted octanol–water partition coefficient (Wildman–Crippen LogP) is 4.13. The molecule has 0 fully saturated rings. The van der Waals surface area contributed by atoms with Crippen molar-refractivity contribution in [2.24, 2.45) is 0 Å². The van der Waals surface area contributed by atoms with Crippen molar-refractivity contribution < 1.29 is 9.53 Å². The number of nitrogens with one attached hydrogen (secondary N) is 1. The number of benzene rings is 2. The van der Waals surface area contributed by atoms with Crippen LogP contribution in [0, 0.1) is 0 Å². The second-order valence-electron chi connectivity index (χ2n) is 6.46. The van der Waals surface area contributed by atoms with Crippen LogP contribution in [0.4, 0.5) is 0 Å². The van der Waals surface area contributed by atoms with Crippen LogP contribution in [0.25, 0.3) is 11.1 Å². The van der Waals surface area contributed by atoms with Gasteiger partial charge in [0.25, 0.3) is 0 Å². The minimum atomic E-state index is 0.0466. The quantitative estimate of drug-likeness (QED) is 0.707. The Hall–Kier alpha value is -2.98. The van der Waals surface area contributed by atoms with E-state index in [4.69, 9.17) is 4.74 Å². The van der Waals surface area contributed by atoms with E-state index in [0.717, 1.165) is 35.7 Å². The highest BCUT2D eigenvalue weighted by atomic mass is 16.5. The molecule has 26 heavy (non-hydrogen) atoms. The summed E-state index contributed by atoms with van der Waals surface area (Å²) in [7, 11) is 0. The first-order valence-corrected chi connectivity index (χ1v) is 8.71. The zero-order valence-corrected chi connectivity index (χ0v) is 14.7. The van der Waals surface area contributed by atoms with Crippen molar-refractivity contribution >= 4 is 5.78 Å². The van der Waals surface area contributed by atoms with E-state index in [-0.39, 0.29) is 5.78 Å². The van der Waals surface area contributed by atoms with Crippen LogP contribution in [0.1, 0.15) is 34.1 Å². The van der Waals surface area contributed by atoms with E-state index in [0.29, 0.717) is 12.2 Å². The van der Waals surface area contributed by atoms with E-state index in [1.54, 1.807) is 13.1 Å². The van der Waals surface area contributed by atoms with Crippen molar-refractivity contribution in [3.8, 4) is 16.9 Å². The fourth-order valence-corrected chi connectivity index (χ4v) is 3.20. The molecule has 2 aromatic carbocycles. The first-order chi connectivity index (χ1) is 12.7. The van der Waals surface area contributed by atoms with Crippen molar-refractivity contribution in [3.63, 3.8) is 0 Å². The molecular weight excluding hydrogens is 324 g/mol. The molecule has 1 aromatic heterocycles. The van der Waals surface area contributed by atoms with Gasteiger partial charge in [0.2, 0.25) is 0 Å². The Labute approximate surface area is 152 Å². The second-order valence-corrected chi connectivity index (χ2v) is 6.46. The predicted molar refractivity (Wildman–Crippen MR) is 101 cm³/mol. The van der Waals surface area contributed by atoms with Crippen LogP contribution in [0.5, 0.6) is 5.75 Å². The molecule has 0 bridgehead atoms. The molecule has 0 saturated carbocycles. The summed E-state index contributed by atoms with van der Waals surface area (Å²) >= 11 is 0. The number of fused-ring (bicyclic) bond motifs is 1. The number of nitrogens with zero attached hydrogens (tertiary/aromatic N) is 1. The Morgan fingerprint density at radius 1 is 1.08 bits per heavy atom. The fourth-order valence-electron chi connectivity index (χ4n) is 3.20. The van der Waals surface area contributed by atoms with Gasteiger partial charge in [-0.15, -0.1) is 0 Å². The third kappa shape index (κ3) is 3.37. The van der Waals surface area contributed by atoms with Crippen molar-refractivity contribution in [2.75, 3.05) is 0 Å². The Bertz CT molecular complexity index is 952. The Balaban J connectivity index is 1.70. The highest BCUT2D eigenvalue weighted by Gasteiger charge is 2.15. The van der Waals surface area contributed by atoms with Gasteiger partial charge in [-0.25, -0.2) is 0 Å². The topological polar surface area (TPSA) is 51.2 Å². The molecule has 0 amide bonds. The lowest BCUT2D eigenvalue weighted by Crippen LogP contribution is -2.01. The molecule has 1 aliphatic rings. The van der Waals surface area contributed by atoms with Gasteiger partial charge in [0.15, 0.2) is 5.78 Å². The average Bonchev–Trinajstić information content (AvgIpc) is 3.14. The number of rotatable bonds is 5. The highest BCUT2D eigenvalue weighted by molar-refractivity contribution is 5.96. The lowest BCUT2D eigenvalue weighted by atomic mass is 9.97. The summed E-state index contributed by atoms with van der Waals surface area (Å²) in [5, 5.41) is 3.36. The Kier molecular flexibility index (Phi) is 4.50. The molecule has 0 atom stereocenters. The number of carbonyl (C=O) groups is 1. The lowest BCUT2D eigenvalue weighted by Gasteiger charge is -2.14. The van der Waals surface area contributed by atoms with Crippen LogP contribution in [-0.2, 0) is 19.7 Å². The Morgan fingerprint density at radius 3 is 2.77 bits per heavy atom. The normalized spacial score (nSPS) is 12.7. The van der Waals surface area contributed by atoms with Crippen LogP contribution in [0.3, 0.4) is 0 Å². The van der Waals surface area contributed by atoms with Crippen LogP contribution >= 0.6 is 0 Å². The summed E-state index contributed by atoms with van der Waals surface area (Å²) in [6.45, 7) is 3.76. The largest absolute Gasteiger partial charge is 0.487 e. The van der Waals surface area contributed by atoms with Crippen molar-refractivity contribution in [3.05, 3.63) is 83.2 Å².